The summed E-state index contributed by atoms with van der Waals surface area (Å²) in [5.41, 5.74) is 6.31. The average molecular weight is 219 g/mol. The van der Waals surface area contributed by atoms with Gasteiger partial charge in [0.1, 0.15) is 6.61 Å². The fourth-order valence-electron chi connectivity index (χ4n) is 1.34. The van der Waals surface area contributed by atoms with Crippen LogP contribution in [0.4, 0.5) is 5.95 Å². The number of hydrogen-bond donors (Lipinski definition) is 2. The Bertz CT molecular complexity index is 474. The quantitative estimate of drug-likeness (QED) is 0.815. The maximum Gasteiger partial charge on any atom is 0.200 e. The van der Waals surface area contributed by atoms with Crippen molar-refractivity contribution in [2.24, 2.45) is 7.05 Å². The number of nitrogens with two attached hydrogens (primary N) is 1. The maximum absolute atomic E-state index is 9.47. The molecule has 0 radical (unpaired) electrons. The molecule has 0 fully saturated rings. The van der Waals surface area contributed by atoms with E-state index in [9.17, 15) is 5.11 Å². The van der Waals surface area contributed by atoms with Gasteiger partial charge in [0, 0.05) is 13.2 Å². The van der Waals surface area contributed by atoms with E-state index in [1.807, 2.05) is 7.05 Å². The molecule has 0 aliphatic heterocycles. The van der Waals surface area contributed by atoms with Crippen LogP contribution in [0.5, 0.6) is 11.5 Å². The van der Waals surface area contributed by atoms with Crippen molar-refractivity contribution in [2.45, 2.75) is 6.61 Å². The van der Waals surface area contributed by atoms with Gasteiger partial charge in [0.25, 0.3) is 0 Å². The highest BCUT2D eigenvalue weighted by Crippen LogP contribution is 2.25. The zero-order valence-corrected chi connectivity index (χ0v) is 8.92. The smallest absolute Gasteiger partial charge is 0.200 e. The number of hydrogen-bond acceptors (Lipinski definition) is 4. The van der Waals surface area contributed by atoms with Crippen molar-refractivity contribution in [1.82, 2.24) is 9.55 Å². The lowest BCUT2D eigenvalue weighted by molar-refractivity contribution is 0.285. The van der Waals surface area contributed by atoms with Gasteiger partial charge in [-0.15, -0.1) is 0 Å². The molecule has 1 aromatic heterocycles. The summed E-state index contributed by atoms with van der Waals surface area (Å²) < 4.78 is 7.12. The van der Waals surface area contributed by atoms with Crippen LogP contribution in [0.3, 0.4) is 0 Å². The zero-order valence-electron chi connectivity index (χ0n) is 8.92. The van der Waals surface area contributed by atoms with Crippen molar-refractivity contribution in [3.05, 3.63) is 36.2 Å². The molecule has 0 bridgehead atoms. The van der Waals surface area contributed by atoms with Gasteiger partial charge in [0.2, 0.25) is 0 Å². The number of phenols is 1. The van der Waals surface area contributed by atoms with E-state index in [-0.39, 0.29) is 12.4 Å². The number of nitrogens with zero attached hydrogens (tertiary/aromatic N) is 2. The van der Waals surface area contributed by atoms with Crippen LogP contribution >= 0.6 is 0 Å². The molecular weight excluding hydrogens is 206 g/mol. The van der Waals surface area contributed by atoms with Crippen LogP contribution in [0.15, 0.2) is 30.5 Å². The highest BCUT2D eigenvalue weighted by atomic mass is 16.5. The largest absolute Gasteiger partial charge is 0.504 e. The summed E-state index contributed by atoms with van der Waals surface area (Å²) in [6, 6.07) is 6.80. The standard InChI is InChI=1S/C11H13N3O2/c1-14-6-8(13-11(14)12)7-16-10-5-3-2-4-9(10)15/h2-6,15H,7H2,1H3,(H2,12,13). The highest BCUT2D eigenvalue weighted by Gasteiger charge is 2.04. The third-order valence-electron chi connectivity index (χ3n) is 2.20. The fourth-order valence-corrected chi connectivity index (χ4v) is 1.34. The van der Waals surface area contributed by atoms with E-state index in [1.165, 1.54) is 0 Å². The van der Waals surface area contributed by atoms with Gasteiger partial charge in [-0.3, -0.25) is 0 Å². The van der Waals surface area contributed by atoms with Crippen molar-refractivity contribution in [2.75, 3.05) is 5.73 Å². The molecule has 2 aromatic rings. The Balaban J connectivity index is 2.05. The summed E-state index contributed by atoms with van der Waals surface area (Å²) in [5.74, 6) is 0.994. The molecule has 0 unspecified atom stereocenters. The second-order valence-corrected chi connectivity index (χ2v) is 3.46. The Morgan fingerprint density at radius 3 is 2.81 bits per heavy atom. The molecule has 16 heavy (non-hydrogen) atoms. The van der Waals surface area contributed by atoms with Gasteiger partial charge < -0.3 is 20.1 Å². The number of phenolic OH excluding ortho intramolecular Hbond substituents is 1. The van der Waals surface area contributed by atoms with Gasteiger partial charge >= 0.3 is 0 Å². The minimum Gasteiger partial charge on any atom is -0.504 e. The van der Waals surface area contributed by atoms with E-state index >= 15 is 0 Å². The lowest BCUT2D eigenvalue weighted by Crippen LogP contribution is -1.96. The van der Waals surface area contributed by atoms with Gasteiger partial charge in [-0.25, -0.2) is 4.98 Å². The first-order valence-electron chi connectivity index (χ1n) is 4.85. The van der Waals surface area contributed by atoms with Crippen molar-refractivity contribution in [1.29, 1.82) is 0 Å². The SMILES string of the molecule is Cn1cc(COc2ccccc2O)nc1N. The molecule has 5 nitrogen and oxygen atoms in total. The first-order chi connectivity index (χ1) is 7.66. The normalized spacial score (nSPS) is 10.3. The van der Waals surface area contributed by atoms with Crippen LogP contribution in [0.25, 0.3) is 0 Å². The predicted molar refractivity (Wildman–Crippen MR) is 60.1 cm³/mol. The summed E-state index contributed by atoms with van der Waals surface area (Å²) in [6.07, 6.45) is 1.79. The van der Waals surface area contributed by atoms with Crippen molar-refractivity contribution in [3.63, 3.8) is 0 Å². The number of anilines is 1. The van der Waals surface area contributed by atoms with E-state index in [2.05, 4.69) is 4.98 Å². The number of aromatic hydroxyl groups is 1. The second kappa shape index (κ2) is 4.14. The van der Waals surface area contributed by atoms with Gasteiger partial charge in [-0.1, -0.05) is 12.1 Å². The number of aryl methyl sites for hydroxylation is 1. The Labute approximate surface area is 93.1 Å². The third-order valence-corrected chi connectivity index (χ3v) is 2.20. The molecule has 0 saturated heterocycles. The van der Waals surface area contributed by atoms with E-state index in [1.54, 1.807) is 35.0 Å². The van der Waals surface area contributed by atoms with Crippen LogP contribution in [-0.2, 0) is 13.7 Å². The summed E-state index contributed by atoms with van der Waals surface area (Å²) in [4.78, 5) is 4.09. The molecule has 0 saturated carbocycles. The molecule has 0 amide bonds. The lowest BCUT2D eigenvalue weighted by Gasteiger charge is -2.05. The molecule has 84 valence electrons. The molecule has 5 heteroatoms. The van der Waals surface area contributed by atoms with Crippen LogP contribution in [0.2, 0.25) is 0 Å². The average Bonchev–Trinajstić information content (AvgIpc) is 2.57. The van der Waals surface area contributed by atoms with E-state index in [0.717, 1.165) is 5.69 Å². The van der Waals surface area contributed by atoms with Gasteiger partial charge in [0.05, 0.1) is 5.69 Å². The Kier molecular flexibility index (Phi) is 2.68. The van der Waals surface area contributed by atoms with Crippen LogP contribution < -0.4 is 10.5 Å². The van der Waals surface area contributed by atoms with Crippen LogP contribution in [0, 0.1) is 0 Å². The Morgan fingerprint density at radius 2 is 2.19 bits per heavy atom. The highest BCUT2D eigenvalue weighted by molar-refractivity contribution is 5.38. The molecule has 1 heterocycles. The minimum atomic E-state index is 0.117. The molecule has 2 rings (SSSR count). The molecule has 3 N–H and O–H groups in total. The van der Waals surface area contributed by atoms with E-state index < -0.39 is 0 Å². The monoisotopic (exact) mass is 219 g/mol. The summed E-state index contributed by atoms with van der Waals surface area (Å²) >= 11 is 0. The topological polar surface area (TPSA) is 73.3 Å². The van der Waals surface area contributed by atoms with Crippen molar-refractivity contribution >= 4 is 5.95 Å². The first kappa shape index (κ1) is 10.4. The number of ether oxygens (including phenoxy) is 1. The number of benzene rings is 1. The fraction of sp³-hybridized carbons (Fsp3) is 0.182. The van der Waals surface area contributed by atoms with E-state index in [4.69, 9.17) is 10.5 Å². The Morgan fingerprint density at radius 1 is 1.44 bits per heavy atom. The number of rotatable bonds is 3. The molecular formula is C11H13N3O2. The van der Waals surface area contributed by atoms with Crippen molar-refractivity contribution < 1.29 is 9.84 Å². The summed E-state index contributed by atoms with van der Waals surface area (Å²) in [7, 11) is 1.81. The lowest BCUT2D eigenvalue weighted by atomic mass is 10.3. The number of imidazole rings is 1. The summed E-state index contributed by atoms with van der Waals surface area (Å²) in [6.45, 7) is 0.280. The van der Waals surface area contributed by atoms with Crippen LogP contribution in [0.1, 0.15) is 5.69 Å². The number of aromatic nitrogens is 2. The molecule has 0 aliphatic rings. The summed E-state index contributed by atoms with van der Waals surface area (Å²) in [5, 5.41) is 9.47. The van der Waals surface area contributed by atoms with Crippen molar-refractivity contribution in [3.8, 4) is 11.5 Å². The molecule has 0 spiro atoms. The molecule has 1 aromatic carbocycles. The molecule has 0 aliphatic carbocycles. The van der Waals surface area contributed by atoms with Gasteiger partial charge in [0.15, 0.2) is 17.4 Å². The molecule has 0 atom stereocenters. The second-order valence-electron chi connectivity index (χ2n) is 3.46. The number of nitrogen functional groups attached to an aromatic ring is 1. The Hall–Kier alpha value is -2.17. The van der Waals surface area contributed by atoms with E-state index in [0.29, 0.717) is 11.7 Å². The predicted octanol–water partition coefficient (Wildman–Crippen LogP) is 1.29. The number of para-hydroxylation sites is 2. The van der Waals surface area contributed by atoms with Gasteiger partial charge in [-0.2, -0.15) is 0 Å². The first-order valence-corrected chi connectivity index (χ1v) is 4.85. The minimum absolute atomic E-state index is 0.117. The maximum atomic E-state index is 9.47. The van der Waals surface area contributed by atoms with Gasteiger partial charge in [-0.05, 0) is 12.1 Å². The third kappa shape index (κ3) is 2.08. The van der Waals surface area contributed by atoms with Crippen LogP contribution in [-0.4, -0.2) is 14.7 Å². The zero-order chi connectivity index (χ0) is 11.5.